The lowest BCUT2D eigenvalue weighted by Crippen LogP contribution is -2.32. The van der Waals surface area contributed by atoms with E-state index in [1.54, 1.807) is 53.2 Å². The van der Waals surface area contributed by atoms with Gasteiger partial charge < -0.3 is 5.32 Å². The molecule has 0 saturated heterocycles. The Kier molecular flexibility index (Phi) is 5.63. The molecule has 1 N–H and O–H groups in total. The number of amides is 1. The smallest absolute Gasteiger partial charge is 0.330 e. The first-order chi connectivity index (χ1) is 14.5. The van der Waals surface area contributed by atoms with Crippen molar-refractivity contribution in [3.63, 3.8) is 0 Å². The zero-order chi connectivity index (χ0) is 21.1. The van der Waals surface area contributed by atoms with Crippen molar-refractivity contribution >= 4 is 28.7 Å². The average Bonchev–Trinajstić information content (AvgIpc) is 3.01. The first-order valence-electron chi connectivity index (χ1n) is 9.35. The van der Waals surface area contributed by atoms with Crippen LogP contribution >= 0.6 is 11.6 Å². The van der Waals surface area contributed by atoms with E-state index in [9.17, 15) is 14.0 Å². The Morgan fingerprint density at radius 3 is 2.50 bits per heavy atom. The lowest BCUT2D eigenvalue weighted by atomic mass is 10.2. The molecule has 0 aliphatic carbocycles. The monoisotopic (exact) mass is 424 g/mol. The number of carbonyl (C=O) groups excluding carboxylic acids is 1. The van der Waals surface area contributed by atoms with E-state index in [0.717, 1.165) is 5.56 Å². The fourth-order valence-electron chi connectivity index (χ4n) is 3.26. The highest BCUT2D eigenvalue weighted by Crippen LogP contribution is 2.13. The Balaban J connectivity index is 1.54. The summed E-state index contributed by atoms with van der Waals surface area (Å²) in [7, 11) is 0. The van der Waals surface area contributed by atoms with Gasteiger partial charge in [0.25, 0.3) is 5.91 Å². The van der Waals surface area contributed by atoms with Crippen LogP contribution in [0.1, 0.15) is 15.9 Å². The van der Waals surface area contributed by atoms with Crippen LogP contribution in [0.5, 0.6) is 0 Å². The zero-order valence-corrected chi connectivity index (χ0v) is 16.6. The van der Waals surface area contributed by atoms with E-state index in [1.807, 2.05) is 6.07 Å². The van der Waals surface area contributed by atoms with E-state index in [1.165, 1.54) is 16.7 Å². The van der Waals surface area contributed by atoms with E-state index in [-0.39, 0.29) is 30.5 Å². The number of benzene rings is 2. The molecule has 6 nitrogen and oxygen atoms in total. The van der Waals surface area contributed by atoms with E-state index in [2.05, 4.69) is 10.3 Å². The summed E-state index contributed by atoms with van der Waals surface area (Å²) in [5, 5.41) is 3.36. The Hall–Kier alpha value is -3.45. The van der Waals surface area contributed by atoms with Crippen molar-refractivity contribution in [3.05, 3.63) is 99.3 Å². The van der Waals surface area contributed by atoms with Crippen molar-refractivity contribution in [3.8, 4) is 0 Å². The third kappa shape index (κ3) is 4.11. The molecular weight excluding hydrogens is 407 g/mol. The van der Waals surface area contributed by atoms with Crippen LogP contribution in [0.4, 0.5) is 4.39 Å². The lowest BCUT2D eigenvalue weighted by molar-refractivity contribution is 0.0952. The van der Waals surface area contributed by atoms with Gasteiger partial charge >= 0.3 is 5.69 Å². The number of imidazole rings is 1. The second kappa shape index (κ2) is 8.51. The van der Waals surface area contributed by atoms with Crippen molar-refractivity contribution in [2.45, 2.75) is 13.1 Å². The van der Waals surface area contributed by atoms with Gasteiger partial charge in [-0.1, -0.05) is 23.7 Å². The molecule has 30 heavy (non-hydrogen) atoms. The summed E-state index contributed by atoms with van der Waals surface area (Å²) in [5.74, 6) is -0.575. The van der Waals surface area contributed by atoms with Gasteiger partial charge in [-0.25, -0.2) is 14.2 Å². The molecule has 2 aromatic carbocycles. The number of halogens is 2. The number of rotatable bonds is 6. The number of nitrogens with zero attached hydrogens (tertiary/aromatic N) is 3. The van der Waals surface area contributed by atoms with Crippen LogP contribution in [-0.4, -0.2) is 26.6 Å². The van der Waals surface area contributed by atoms with Crippen LogP contribution in [0.15, 0.2) is 71.7 Å². The molecule has 0 saturated carbocycles. The number of hydrogen-bond donors (Lipinski definition) is 1. The van der Waals surface area contributed by atoms with E-state index < -0.39 is 0 Å². The van der Waals surface area contributed by atoms with E-state index in [0.29, 0.717) is 28.3 Å². The van der Waals surface area contributed by atoms with Crippen LogP contribution in [0.25, 0.3) is 11.2 Å². The highest BCUT2D eigenvalue weighted by Gasteiger charge is 2.15. The SMILES string of the molecule is O=C(NCCn1c(=O)n(Cc2ccc(F)cc2)c2cccnc21)c1ccc(Cl)cc1. The summed E-state index contributed by atoms with van der Waals surface area (Å²) in [6.07, 6.45) is 1.62. The molecule has 0 spiro atoms. The predicted octanol–water partition coefficient (Wildman–Crippen LogP) is 3.47. The molecule has 0 atom stereocenters. The minimum atomic E-state index is -0.327. The zero-order valence-electron chi connectivity index (χ0n) is 15.9. The lowest BCUT2D eigenvalue weighted by Gasteiger charge is -2.06. The van der Waals surface area contributed by atoms with Crippen molar-refractivity contribution < 1.29 is 9.18 Å². The topological polar surface area (TPSA) is 68.9 Å². The summed E-state index contributed by atoms with van der Waals surface area (Å²) in [6, 6.07) is 16.2. The van der Waals surface area contributed by atoms with Crippen LogP contribution in [0, 0.1) is 5.82 Å². The van der Waals surface area contributed by atoms with Crippen molar-refractivity contribution in [2.24, 2.45) is 0 Å². The molecule has 2 aromatic heterocycles. The maximum absolute atomic E-state index is 13.2. The summed E-state index contributed by atoms with van der Waals surface area (Å²) < 4.78 is 16.3. The number of pyridine rings is 1. The van der Waals surface area contributed by atoms with Gasteiger partial charge in [0.15, 0.2) is 5.65 Å². The number of aromatic nitrogens is 3. The van der Waals surface area contributed by atoms with Crippen LogP contribution in [0.3, 0.4) is 0 Å². The highest BCUT2D eigenvalue weighted by atomic mass is 35.5. The second-order valence-corrected chi connectivity index (χ2v) is 7.19. The van der Waals surface area contributed by atoms with Gasteiger partial charge in [-0.15, -0.1) is 0 Å². The Morgan fingerprint density at radius 2 is 1.77 bits per heavy atom. The second-order valence-electron chi connectivity index (χ2n) is 6.76. The number of nitrogens with one attached hydrogen (secondary N) is 1. The fraction of sp³-hybridized carbons (Fsp3) is 0.136. The Bertz CT molecular complexity index is 1250. The summed E-state index contributed by atoms with van der Waals surface area (Å²) in [5.41, 5.74) is 2.26. The summed E-state index contributed by atoms with van der Waals surface area (Å²) in [6.45, 7) is 0.821. The van der Waals surface area contributed by atoms with Gasteiger partial charge in [0, 0.05) is 29.9 Å². The molecule has 0 radical (unpaired) electrons. The van der Waals surface area contributed by atoms with Crippen LogP contribution in [-0.2, 0) is 13.1 Å². The molecule has 0 bridgehead atoms. The number of hydrogen-bond acceptors (Lipinski definition) is 3. The minimum absolute atomic E-state index is 0.242. The third-order valence-electron chi connectivity index (χ3n) is 4.76. The van der Waals surface area contributed by atoms with Crippen molar-refractivity contribution in [1.82, 2.24) is 19.4 Å². The highest BCUT2D eigenvalue weighted by molar-refractivity contribution is 6.30. The van der Waals surface area contributed by atoms with Crippen LogP contribution in [0.2, 0.25) is 5.02 Å². The molecule has 4 rings (SSSR count). The molecular formula is C22H18ClFN4O2. The van der Waals surface area contributed by atoms with Gasteiger partial charge in [-0.3, -0.25) is 13.9 Å². The standard InChI is InChI=1S/C22H18ClFN4O2/c23-17-7-5-16(6-8-17)21(29)26-12-13-27-20-19(2-1-11-25-20)28(22(27)30)14-15-3-9-18(24)10-4-15/h1-11H,12-14H2,(H,26,29). The summed E-state index contributed by atoms with van der Waals surface area (Å²) >= 11 is 5.84. The van der Waals surface area contributed by atoms with Crippen LogP contribution < -0.4 is 11.0 Å². The quantitative estimate of drug-likeness (QED) is 0.515. The number of fused-ring (bicyclic) bond motifs is 1. The molecule has 4 aromatic rings. The van der Waals surface area contributed by atoms with Gasteiger partial charge in [-0.05, 0) is 54.1 Å². The Labute approximate surface area is 176 Å². The minimum Gasteiger partial charge on any atom is -0.350 e. The van der Waals surface area contributed by atoms with Crippen molar-refractivity contribution in [2.75, 3.05) is 6.54 Å². The molecule has 0 aliphatic heterocycles. The van der Waals surface area contributed by atoms with E-state index >= 15 is 0 Å². The summed E-state index contributed by atoms with van der Waals surface area (Å²) in [4.78, 5) is 29.6. The Morgan fingerprint density at radius 1 is 1.03 bits per heavy atom. The van der Waals surface area contributed by atoms with E-state index in [4.69, 9.17) is 11.6 Å². The third-order valence-corrected chi connectivity index (χ3v) is 5.01. The molecule has 152 valence electrons. The molecule has 1 amide bonds. The van der Waals surface area contributed by atoms with Gasteiger partial charge in [0.2, 0.25) is 0 Å². The first kappa shape index (κ1) is 19.8. The molecule has 0 aliphatic rings. The molecule has 2 heterocycles. The molecule has 8 heteroatoms. The fourth-order valence-corrected chi connectivity index (χ4v) is 3.38. The largest absolute Gasteiger partial charge is 0.350 e. The maximum atomic E-state index is 13.2. The van der Waals surface area contributed by atoms with Gasteiger partial charge in [0.05, 0.1) is 12.1 Å². The number of carbonyl (C=O) groups is 1. The van der Waals surface area contributed by atoms with Gasteiger partial charge in [-0.2, -0.15) is 0 Å². The first-order valence-corrected chi connectivity index (χ1v) is 9.73. The van der Waals surface area contributed by atoms with Crippen molar-refractivity contribution in [1.29, 1.82) is 0 Å². The van der Waals surface area contributed by atoms with Gasteiger partial charge in [0.1, 0.15) is 5.82 Å². The predicted molar refractivity (Wildman–Crippen MR) is 113 cm³/mol. The normalized spacial score (nSPS) is 11.0. The maximum Gasteiger partial charge on any atom is 0.330 e. The molecule has 0 fully saturated rings. The molecule has 0 unspecified atom stereocenters. The average molecular weight is 425 g/mol.